The van der Waals surface area contributed by atoms with Gasteiger partial charge in [0.15, 0.2) is 6.17 Å². The fourth-order valence-electron chi connectivity index (χ4n) is 5.22. The maximum absolute atomic E-state index is 12.4. The van der Waals surface area contributed by atoms with Crippen LogP contribution in [0.4, 0.5) is 0 Å². The van der Waals surface area contributed by atoms with E-state index in [-0.39, 0.29) is 11.5 Å². The number of sulfonamides is 2. The van der Waals surface area contributed by atoms with Crippen molar-refractivity contribution < 1.29 is 26.7 Å². The van der Waals surface area contributed by atoms with Gasteiger partial charge in [0.2, 0.25) is 20.0 Å². The largest absolute Gasteiger partial charge is 0.479 e. The van der Waals surface area contributed by atoms with Crippen LogP contribution in [0, 0.1) is 0 Å². The number of aliphatic carboxylic acids is 1. The maximum Gasteiger partial charge on any atom is 0.337 e. The lowest BCUT2D eigenvalue weighted by molar-refractivity contribution is -0.139. The molecule has 3 N–H and O–H groups in total. The summed E-state index contributed by atoms with van der Waals surface area (Å²) in [4.78, 5) is 11.6. The summed E-state index contributed by atoms with van der Waals surface area (Å²) in [7, 11) is -7.84. The molecule has 8 nitrogen and oxygen atoms in total. The van der Waals surface area contributed by atoms with Gasteiger partial charge in [-0.15, -0.1) is 0 Å². The molecule has 0 radical (unpaired) electrons. The van der Waals surface area contributed by atoms with Gasteiger partial charge in [-0.05, 0) is 12.8 Å². The van der Waals surface area contributed by atoms with E-state index in [0.29, 0.717) is 12.8 Å². The normalized spacial score (nSPS) is 12.4. The van der Waals surface area contributed by atoms with E-state index in [9.17, 15) is 26.7 Å². The lowest BCUT2D eigenvalue weighted by Gasteiger charge is -2.16. The average molecular weight is 639 g/mol. The monoisotopic (exact) mass is 638 g/mol. The molecule has 0 aliphatic rings. The first-order valence-corrected chi connectivity index (χ1v) is 20.7. The Balaban J connectivity index is 3.99. The van der Waals surface area contributed by atoms with E-state index in [1.54, 1.807) is 0 Å². The first kappa shape index (κ1) is 41.3. The van der Waals surface area contributed by atoms with Crippen LogP contribution in [0.5, 0.6) is 0 Å². The molecule has 0 aromatic heterocycles. The molecule has 42 heavy (non-hydrogen) atoms. The second kappa shape index (κ2) is 27.8. The predicted octanol–water partition coefficient (Wildman–Crippen LogP) is 8.42. The predicted molar refractivity (Wildman–Crippen MR) is 177 cm³/mol. The van der Waals surface area contributed by atoms with Gasteiger partial charge in [0.1, 0.15) is 0 Å². The summed E-state index contributed by atoms with van der Waals surface area (Å²) < 4.78 is 53.7. The fraction of sp³-hybridized carbons (Fsp3) is 0.969. The van der Waals surface area contributed by atoms with Gasteiger partial charge < -0.3 is 5.11 Å². The molecule has 0 bridgehead atoms. The Morgan fingerprint density at radius 2 is 0.667 bits per heavy atom. The average Bonchev–Trinajstić information content (AvgIpc) is 2.93. The van der Waals surface area contributed by atoms with Gasteiger partial charge in [-0.25, -0.2) is 21.6 Å². The van der Waals surface area contributed by atoms with Crippen LogP contribution in [0.1, 0.15) is 181 Å². The SMILES string of the molecule is CCCCCCCCCCCCCCCS(=O)(=O)NC(NS(=O)(=O)CCCCCCCCCCCCCCC)C(=O)O. The topological polar surface area (TPSA) is 130 Å². The minimum atomic E-state index is -3.92. The van der Waals surface area contributed by atoms with Crippen LogP contribution >= 0.6 is 0 Å². The number of unbranched alkanes of at least 4 members (excludes halogenated alkanes) is 24. The molecule has 0 unspecified atom stereocenters. The van der Waals surface area contributed by atoms with Gasteiger partial charge >= 0.3 is 5.97 Å². The second-order valence-corrected chi connectivity index (χ2v) is 15.9. The van der Waals surface area contributed by atoms with Crippen molar-refractivity contribution in [2.45, 2.75) is 187 Å². The summed E-state index contributed by atoms with van der Waals surface area (Å²) >= 11 is 0. The number of rotatable bonds is 33. The van der Waals surface area contributed by atoms with Crippen LogP contribution in [0.2, 0.25) is 0 Å². The standard InChI is InChI=1S/C32H66N2O6S2/c1-3-5-7-9-11-13-15-17-19-21-23-25-27-29-41(37,38)33-31(32(35)36)34-42(39,40)30-28-26-24-22-20-18-16-14-12-10-8-6-4-2/h31,33-34H,3-30H2,1-2H3,(H,35,36). The van der Waals surface area contributed by atoms with Crippen LogP contribution in [0.25, 0.3) is 0 Å². The minimum Gasteiger partial charge on any atom is -0.479 e. The molecule has 252 valence electrons. The molecule has 0 aliphatic heterocycles. The van der Waals surface area contributed by atoms with Crippen molar-refractivity contribution >= 4 is 26.0 Å². The summed E-state index contributed by atoms with van der Waals surface area (Å²) in [5.74, 6) is -1.98. The molecule has 0 aromatic rings. The van der Waals surface area contributed by atoms with Crippen molar-refractivity contribution in [2.75, 3.05) is 11.5 Å². The van der Waals surface area contributed by atoms with E-state index in [0.717, 1.165) is 51.4 Å². The van der Waals surface area contributed by atoms with E-state index in [2.05, 4.69) is 13.8 Å². The van der Waals surface area contributed by atoms with Crippen molar-refractivity contribution in [3.05, 3.63) is 0 Å². The highest BCUT2D eigenvalue weighted by Gasteiger charge is 2.28. The Hall–Kier alpha value is -0.710. The molecular formula is C32H66N2O6S2. The van der Waals surface area contributed by atoms with Crippen molar-refractivity contribution in [3.63, 3.8) is 0 Å². The number of nitrogens with one attached hydrogen (secondary N) is 2. The molecule has 0 amide bonds. The Kier molecular flexibility index (Phi) is 27.3. The first-order valence-electron chi connectivity index (χ1n) is 17.4. The zero-order chi connectivity index (χ0) is 31.4. The van der Waals surface area contributed by atoms with Gasteiger partial charge in [0.25, 0.3) is 0 Å². The second-order valence-electron chi connectivity index (χ2n) is 12.1. The third-order valence-corrected chi connectivity index (χ3v) is 10.7. The third-order valence-electron chi connectivity index (χ3n) is 7.88. The van der Waals surface area contributed by atoms with Gasteiger partial charge in [-0.3, -0.25) is 0 Å². The Bertz CT molecular complexity index is 772. The zero-order valence-electron chi connectivity index (χ0n) is 27.2. The quantitative estimate of drug-likeness (QED) is 0.0489. The van der Waals surface area contributed by atoms with Gasteiger partial charge in [0.05, 0.1) is 11.5 Å². The molecule has 0 atom stereocenters. The van der Waals surface area contributed by atoms with E-state index >= 15 is 0 Å². The van der Waals surface area contributed by atoms with Crippen molar-refractivity contribution in [3.8, 4) is 0 Å². The zero-order valence-corrected chi connectivity index (χ0v) is 28.8. The molecule has 0 rings (SSSR count). The van der Waals surface area contributed by atoms with Crippen LogP contribution in [0.15, 0.2) is 0 Å². The molecule has 0 heterocycles. The van der Waals surface area contributed by atoms with Crippen LogP contribution in [-0.2, 0) is 24.8 Å². The molecule has 0 aromatic carbocycles. The first-order chi connectivity index (χ1) is 20.1. The Morgan fingerprint density at radius 3 is 0.881 bits per heavy atom. The van der Waals surface area contributed by atoms with E-state index in [1.165, 1.54) is 103 Å². The summed E-state index contributed by atoms with van der Waals surface area (Å²) in [5, 5.41) is 9.41. The molecule has 0 aliphatic carbocycles. The fourth-order valence-corrected chi connectivity index (χ4v) is 7.74. The van der Waals surface area contributed by atoms with Crippen LogP contribution in [-0.4, -0.2) is 45.6 Å². The van der Waals surface area contributed by atoms with Gasteiger partial charge in [-0.2, -0.15) is 9.44 Å². The van der Waals surface area contributed by atoms with Gasteiger partial charge in [0, 0.05) is 0 Å². The number of carboxylic acid groups (broad SMARTS) is 1. The molecular weight excluding hydrogens is 572 g/mol. The molecule has 0 saturated carbocycles. The summed E-state index contributed by atoms with van der Waals surface area (Å²) in [6.07, 6.45) is 27.5. The summed E-state index contributed by atoms with van der Waals surface area (Å²) in [5.41, 5.74) is 0. The van der Waals surface area contributed by atoms with Gasteiger partial charge in [-0.1, -0.05) is 168 Å². The number of hydrogen-bond donors (Lipinski definition) is 3. The Labute approximate surface area is 260 Å². The lowest BCUT2D eigenvalue weighted by Crippen LogP contribution is -2.53. The molecule has 0 saturated heterocycles. The summed E-state index contributed by atoms with van der Waals surface area (Å²) in [6.45, 7) is 4.45. The highest BCUT2D eigenvalue weighted by Crippen LogP contribution is 2.14. The van der Waals surface area contributed by atoms with E-state index in [4.69, 9.17) is 0 Å². The molecule has 0 fully saturated rings. The minimum absolute atomic E-state index is 0.213. The maximum atomic E-state index is 12.4. The molecule has 0 spiro atoms. The van der Waals surface area contributed by atoms with Crippen LogP contribution < -0.4 is 9.44 Å². The highest BCUT2D eigenvalue weighted by molar-refractivity contribution is 7.90. The highest BCUT2D eigenvalue weighted by atomic mass is 32.2. The smallest absolute Gasteiger partial charge is 0.337 e. The number of carboxylic acids is 1. The lowest BCUT2D eigenvalue weighted by atomic mass is 10.1. The van der Waals surface area contributed by atoms with Crippen molar-refractivity contribution in [1.29, 1.82) is 0 Å². The summed E-state index contributed by atoms with van der Waals surface area (Å²) in [6, 6.07) is 0. The Morgan fingerprint density at radius 1 is 0.452 bits per heavy atom. The number of hydrogen-bond acceptors (Lipinski definition) is 5. The van der Waals surface area contributed by atoms with Crippen LogP contribution in [0.3, 0.4) is 0 Å². The van der Waals surface area contributed by atoms with Crippen molar-refractivity contribution in [2.24, 2.45) is 0 Å². The third kappa shape index (κ3) is 28.1. The number of carbonyl (C=O) groups is 1. The van der Waals surface area contributed by atoms with Crippen molar-refractivity contribution in [1.82, 2.24) is 9.44 Å². The van der Waals surface area contributed by atoms with E-state index < -0.39 is 32.2 Å². The van der Waals surface area contributed by atoms with E-state index in [1.807, 2.05) is 9.44 Å². The molecule has 10 heteroatoms.